The number of piperidine rings is 1. The number of halogens is 1. The standard InChI is InChI=1S/C27H29ClN6O4/c1-15-22(20-10-17-7-8-29-25(28)24(17)33(20)12-16-5-6-16)31-34-13-18(11-21(38-2)23(15)34)26(35)32-9-3-4-19(14-32)30-27(36)37/h7-8,10-11,13,16,19,30H,3-6,9,12,14H2,1-2H3,(H,36,37)/t19-/m1/s1. The van der Waals surface area contributed by atoms with Crippen LogP contribution in [0.4, 0.5) is 4.79 Å². The fourth-order valence-electron chi connectivity index (χ4n) is 5.55. The summed E-state index contributed by atoms with van der Waals surface area (Å²) in [7, 11) is 1.58. The first-order valence-electron chi connectivity index (χ1n) is 12.8. The number of aryl methyl sites for hydroxylation is 1. The van der Waals surface area contributed by atoms with Crippen molar-refractivity contribution < 1.29 is 19.4 Å². The second-order valence-corrected chi connectivity index (χ2v) is 10.6. The number of nitrogens with zero attached hydrogens (tertiary/aromatic N) is 5. The number of nitrogens with one attached hydrogen (secondary N) is 1. The quantitative estimate of drug-likeness (QED) is 0.348. The van der Waals surface area contributed by atoms with Crippen LogP contribution in [-0.4, -0.2) is 67.4 Å². The summed E-state index contributed by atoms with van der Waals surface area (Å²) in [5.74, 6) is 0.979. The van der Waals surface area contributed by atoms with Crippen molar-refractivity contribution >= 4 is 40.0 Å². The fraction of sp³-hybridized carbons (Fsp3) is 0.407. The second-order valence-electron chi connectivity index (χ2n) is 10.2. The van der Waals surface area contributed by atoms with Crippen molar-refractivity contribution in [3.05, 3.63) is 46.9 Å². The van der Waals surface area contributed by atoms with Gasteiger partial charge in [-0.05, 0) is 56.7 Å². The molecule has 5 heterocycles. The van der Waals surface area contributed by atoms with Gasteiger partial charge in [0, 0.05) is 49.0 Å². The predicted octanol–water partition coefficient (Wildman–Crippen LogP) is 4.60. The van der Waals surface area contributed by atoms with Gasteiger partial charge < -0.3 is 24.6 Å². The minimum absolute atomic E-state index is 0.183. The Balaban J connectivity index is 1.42. The van der Waals surface area contributed by atoms with E-state index in [-0.39, 0.29) is 11.9 Å². The Bertz CT molecular complexity index is 1570. The molecule has 2 N–H and O–H groups in total. The number of fused-ring (bicyclic) bond motifs is 2. The van der Waals surface area contributed by atoms with Crippen molar-refractivity contribution in [2.24, 2.45) is 5.92 Å². The number of carbonyl (C=O) groups is 2. The predicted molar refractivity (Wildman–Crippen MR) is 143 cm³/mol. The molecule has 4 aromatic heterocycles. The van der Waals surface area contributed by atoms with Gasteiger partial charge in [-0.1, -0.05) is 11.6 Å². The van der Waals surface area contributed by atoms with E-state index in [4.69, 9.17) is 26.5 Å². The molecule has 10 nitrogen and oxygen atoms in total. The van der Waals surface area contributed by atoms with Crippen LogP contribution < -0.4 is 10.1 Å². The summed E-state index contributed by atoms with van der Waals surface area (Å²) in [4.78, 5) is 30.6. The first kappa shape index (κ1) is 24.5. The molecule has 0 unspecified atom stereocenters. The highest BCUT2D eigenvalue weighted by atomic mass is 35.5. The van der Waals surface area contributed by atoms with Crippen LogP contribution in [0.25, 0.3) is 27.8 Å². The van der Waals surface area contributed by atoms with Gasteiger partial charge in [-0.15, -0.1) is 0 Å². The average molecular weight is 537 g/mol. The van der Waals surface area contributed by atoms with Gasteiger partial charge in [-0.2, -0.15) is 5.10 Å². The Morgan fingerprint density at radius 1 is 1.24 bits per heavy atom. The Morgan fingerprint density at radius 3 is 2.79 bits per heavy atom. The van der Waals surface area contributed by atoms with Crippen molar-refractivity contribution in [3.8, 4) is 17.1 Å². The molecule has 1 aliphatic heterocycles. The maximum absolute atomic E-state index is 13.5. The van der Waals surface area contributed by atoms with Crippen LogP contribution in [0.15, 0.2) is 30.6 Å². The van der Waals surface area contributed by atoms with Crippen LogP contribution in [0.5, 0.6) is 5.75 Å². The lowest BCUT2D eigenvalue weighted by atomic mass is 10.0. The Morgan fingerprint density at radius 2 is 2.05 bits per heavy atom. The van der Waals surface area contributed by atoms with E-state index in [1.54, 1.807) is 35.0 Å². The first-order valence-corrected chi connectivity index (χ1v) is 13.2. The molecular formula is C27H29ClN6O4. The molecule has 2 amide bonds. The number of likely N-dealkylation sites (tertiary alicyclic amines) is 1. The summed E-state index contributed by atoms with van der Waals surface area (Å²) in [5, 5.41) is 18.0. The van der Waals surface area contributed by atoms with E-state index < -0.39 is 6.09 Å². The van der Waals surface area contributed by atoms with E-state index in [0.717, 1.165) is 46.3 Å². The number of hydrogen-bond acceptors (Lipinski definition) is 5. The third kappa shape index (κ3) is 4.32. The molecule has 198 valence electrons. The first-order chi connectivity index (χ1) is 18.3. The monoisotopic (exact) mass is 536 g/mol. The Kier molecular flexibility index (Phi) is 6.14. The number of carboxylic acid groups (broad SMARTS) is 1. The van der Waals surface area contributed by atoms with Crippen molar-refractivity contribution in [3.63, 3.8) is 0 Å². The van der Waals surface area contributed by atoms with Crippen LogP contribution in [0, 0.1) is 12.8 Å². The lowest BCUT2D eigenvalue weighted by Gasteiger charge is -2.32. The van der Waals surface area contributed by atoms with Gasteiger partial charge in [-0.25, -0.2) is 14.3 Å². The number of hydrogen-bond donors (Lipinski definition) is 2. The molecule has 38 heavy (non-hydrogen) atoms. The highest BCUT2D eigenvalue weighted by Crippen LogP contribution is 2.39. The van der Waals surface area contributed by atoms with Crippen molar-refractivity contribution in [2.75, 3.05) is 20.2 Å². The maximum atomic E-state index is 13.5. The molecule has 11 heteroatoms. The van der Waals surface area contributed by atoms with E-state index >= 15 is 0 Å². The minimum Gasteiger partial charge on any atom is -0.494 e. The largest absolute Gasteiger partial charge is 0.494 e. The number of methoxy groups -OCH3 is 1. The molecule has 0 spiro atoms. The van der Waals surface area contributed by atoms with E-state index in [9.17, 15) is 9.59 Å². The summed E-state index contributed by atoms with van der Waals surface area (Å²) in [6, 6.07) is 5.51. The van der Waals surface area contributed by atoms with Gasteiger partial charge in [0.25, 0.3) is 5.91 Å². The zero-order valence-corrected chi connectivity index (χ0v) is 22.0. The number of aromatic nitrogens is 4. The van der Waals surface area contributed by atoms with Crippen LogP contribution in [0.3, 0.4) is 0 Å². The lowest BCUT2D eigenvalue weighted by Crippen LogP contribution is -2.49. The zero-order chi connectivity index (χ0) is 26.6. The Labute approximate surface area is 224 Å². The molecule has 1 saturated heterocycles. The van der Waals surface area contributed by atoms with Gasteiger partial charge in [-0.3, -0.25) is 4.79 Å². The number of carbonyl (C=O) groups excluding carboxylic acids is 1. The van der Waals surface area contributed by atoms with E-state index in [0.29, 0.717) is 41.9 Å². The summed E-state index contributed by atoms with van der Waals surface area (Å²) >= 11 is 6.54. The molecule has 2 fully saturated rings. The van der Waals surface area contributed by atoms with E-state index in [2.05, 4.69) is 20.9 Å². The number of pyridine rings is 2. The normalized spacial score (nSPS) is 17.8. The number of amides is 2. The second kappa shape index (κ2) is 9.50. The summed E-state index contributed by atoms with van der Waals surface area (Å²) < 4.78 is 9.67. The molecule has 0 aromatic carbocycles. The molecule has 1 atom stereocenters. The molecule has 2 aliphatic rings. The maximum Gasteiger partial charge on any atom is 0.404 e. The molecule has 0 radical (unpaired) electrons. The van der Waals surface area contributed by atoms with Crippen molar-refractivity contribution in [2.45, 2.75) is 45.2 Å². The summed E-state index contributed by atoms with van der Waals surface area (Å²) in [6.07, 6.45) is 6.18. The SMILES string of the molecule is COc1cc(C(=O)N2CCC[C@@H](NC(=O)O)C2)cn2nc(-c3cc4ccnc(Cl)c4n3CC3CC3)c(C)c12. The van der Waals surface area contributed by atoms with Gasteiger partial charge in [0.15, 0.2) is 5.15 Å². The fourth-order valence-corrected chi connectivity index (χ4v) is 5.82. The number of rotatable bonds is 6. The molecule has 6 rings (SSSR count). The highest BCUT2D eigenvalue weighted by molar-refractivity contribution is 6.34. The third-order valence-corrected chi connectivity index (χ3v) is 7.85. The van der Waals surface area contributed by atoms with Crippen molar-refractivity contribution in [1.82, 2.24) is 29.4 Å². The van der Waals surface area contributed by atoms with Gasteiger partial charge in [0.1, 0.15) is 17.0 Å². The molecule has 4 aromatic rings. The highest BCUT2D eigenvalue weighted by Gasteiger charge is 2.29. The molecule has 1 aliphatic carbocycles. The average Bonchev–Trinajstić information content (AvgIpc) is 3.56. The molecular weight excluding hydrogens is 508 g/mol. The summed E-state index contributed by atoms with van der Waals surface area (Å²) in [5.41, 5.74) is 4.82. The van der Waals surface area contributed by atoms with Crippen LogP contribution in [-0.2, 0) is 6.54 Å². The smallest absolute Gasteiger partial charge is 0.404 e. The van der Waals surface area contributed by atoms with E-state index in [1.807, 2.05) is 13.0 Å². The van der Waals surface area contributed by atoms with Gasteiger partial charge in [0.2, 0.25) is 0 Å². The Hall–Kier alpha value is -3.79. The van der Waals surface area contributed by atoms with Crippen LogP contribution in [0.2, 0.25) is 5.15 Å². The molecule has 1 saturated carbocycles. The van der Waals surface area contributed by atoms with Gasteiger partial charge >= 0.3 is 6.09 Å². The number of ether oxygens (including phenoxy) is 1. The molecule has 0 bridgehead atoms. The van der Waals surface area contributed by atoms with Gasteiger partial charge in [0.05, 0.1) is 23.9 Å². The van der Waals surface area contributed by atoms with Crippen LogP contribution >= 0.6 is 11.6 Å². The zero-order valence-electron chi connectivity index (χ0n) is 21.3. The minimum atomic E-state index is -1.08. The summed E-state index contributed by atoms with van der Waals surface area (Å²) in [6.45, 7) is 3.74. The van der Waals surface area contributed by atoms with Crippen molar-refractivity contribution in [1.29, 1.82) is 0 Å². The topological polar surface area (TPSA) is 114 Å². The third-order valence-electron chi connectivity index (χ3n) is 7.58. The lowest BCUT2D eigenvalue weighted by molar-refractivity contribution is 0.0691. The van der Waals surface area contributed by atoms with Crippen LogP contribution in [0.1, 0.15) is 41.6 Å². The van der Waals surface area contributed by atoms with E-state index in [1.165, 1.54) is 12.8 Å².